The van der Waals surface area contributed by atoms with Gasteiger partial charge in [-0.3, -0.25) is 4.21 Å². The van der Waals surface area contributed by atoms with Gasteiger partial charge in [-0.2, -0.15) is 0 Å². The van der Waals surface area contributed by atoms with Crippen LogP contribution in [0.1, 0.15) is 32.2 Å². The van der Waals surface area contributed by atoms with Gasteiger partial charge < -0.3 is 14.6 Å². The standard InChI is InChI=1S/C13H23N3O2S/c1-2-18-9-3-6-14-13-15-7-8-16(13)12-4-10-19(17)11-5-12/h7-8,12H,2-6,9-11H2,1H3,(H,14,15). The molecule has 2 heterocycles. The summed E-state index contributed by atoms with van der Waals surface area (Å²) in [5.41, 5.74) is 0. The van der Waals surface area contributed by atoms with Gasteiger partial charge >= 0.3 is 0 Å². The first-order chi connectivity index (χ1) is 9.31. The molecule has 0 spiro atoms. The molecule has 108 valence electrons. The van der Waals surface area contributed by atoms with E-state index in [4.69, 9.17) is 4.74 Å². The van der Waals surface area contributed by atoms with Gasteiger partial charge in [0, 0.05) is 60.5 Å². The Labute approximate surface area is 117 Å². The zero-order valence-electron chi connectivity index (χ0n) is 11.5. The Bertz CT molecular complexity index is 398. The number of ether oxygens (including phenoxy) is 1. The molecule has 19 heavy (non-hydrogen) atoms. The maximum absolute atomic E-state index is 11.4. The molecule has 0 atom stereocenters. The zero-order chi connectivity index (χ0) is 13.5. The summed E-state index contributed by atoms with van der Waals surface area (Å²) in [6, 6.07) is 0.439. The number of anilines is 1. The van der Waals surface area contributed by atoms with Gasteiger partial charge in [-0.15, -0.1) is 0 Å². The Balaban J connectivity index is 1.82. The predicted molar refractivity (Wildman–Crippen MR) is 78.0 cm³/mol. The third kappa shape index (κ3) is 4.31. The average molecular weight is 285 g/mol. The Morgan fingerprint density at radius 1 is 1.53 bits per heavy atom. The van der Waals surface area contributed by atoms with Crippen molar-refractivity contribution in [2.24, 2.45) is 0 Å². The van der Waals surface area contributed by atoms with Crippen LogP contribution in [0.5, 0.6) is 0 Å². The zero-order valence-corrected chi connectivity index (χ0v) is 12.3. The van der Waals surface area contributed by atoms with Gasteiger partial charge in [-0.1, -0.05) is 0 Å². The molecule has 6 heteroatoms. The van der Waals surface area contributed by atoms with Crippen LogP contribution in [0.25, 0.3) is 0 Å². The van der Waals surface area contributed by atoms with Crippen LogP contribution in [0.3, 0.4) is 0 Å². The summed E-state index contributed by atoms with van der Waals surface area (Å²) in [5, 5.41) is 3.36. The van der Waals surface area contributed by atoms with Gasteiger partial charge in [0.15, 0.2) is 0 Å². The lowest BCUT2D eigenvalue weighted by Gasteiger charge is -2.24. The third-order valence-electron chi connectivity index (χ3n) is 3.37. The summed E-state index contributed by atoms with van der Waals surface area (Å²) in [5.74, 6) is 2.55. The summed E-state index contributed by atoms with van der Waals surface area (Å²) >= 11 is 0. The molecule has 0 bridgehead atoms. The molecule has 1 aromatic heterocycles. The highest BCUT2D eigenvalue weighted by molar-refractivity contribution is 7.85. The molecule has 1 aromatic rings. The van der Waals surface area contributed by atoms with Gasteiger partial charge in [-0.05, 0) is 26.2 Å². The van der Waals surface area contributed by atoms with E-state index in [0.717, 1.165) is 56.5 Å². The first-order valence-electron chi connectivity index (χ1n) is 7.00. The Morgan fingerprint density at radius 3 is 3.05 bits per heavy atom. The number of imidazole rings is 1. The highest BCUT2D eigenvalue weighted by Crippen LogP contribution is 2.25. The van der Waals surface area contributed by atoms with Crippen molar-refractivity contribution in [1.82, 2.24) is 9.55 Å². The Hall–Kier alpha value is -0.880. The number of aromatic nitrogens is 2. The molecule has 5 nitrogen and oxygen atoms in total. The van der Waals surface area contributed by atoms with Crippen molar-refractivity contribution in [2.75, 3.05) is 36.6 Å². The lowest BCUT2D eigenvalue weighted by Crippen LogP contribution is -2.23. The van der Waals surface area contributed by atoms with E-state index < -0.39 is 10.8 Å². The first-order valence-corrected chi connectivity index (χ1v) is 8.49. The first kappa shape index (κ1) is 14.5. The van der Waals surface area contributed by atoms with E-state index >= 15 is 0 Å². The minimum absolute atomic E-state index is 0.439. The van der Waals surface area contributed by atoms with E-state index in [0.29, 0.717) is 6.04 Å². The van der Waals surface area contributed by atoms with Crippen LogP contribution < -0.4 is 5.32 Å². The van der Waals surface area contributed by atoms with Crippen molar-refractivity contribution in [3.05, 3.63) is 12.4 Å². The average Bonchev–Trinajstić information content (AvgIpc) is 2.88. The molecule has 1 saturated heterocycles. The van der Waals surface area contributed by atoms with Crippen LogP contribution in [0, 0.1) is 0 Å². The topological polar surface area (TPSA) is 56.1 Å². The van der Waals surface area contributed by atoms with E-state index in [1.165, 1.54) is 0 Å². The van der Waals surface area contributed by atoms with Crippen LogP contribution in [-0.2, 0) is 15.5 Å². The molecule has 1 fully saturated rings. The number of rotatable bonds is 7. The summed E-state index contributed by atoms with van der Waals surface area (Å²) in [6.07, 6.45) is 6.79. The molecule has 1 N–H and O–H groups in total. The molecule has 1 aliphatic heterocycles. The maximum atomic E-state index is 11.4. The number of nitrogens with zero attached hydrogens (tertiary/aromatic N) is 2. The van der Waals surface area contributed by atoms with Crippen molar-refractivity contribution in [1.29, 1.82) is 0 Å². The SMILES string of the molecule is CCOCCCNc1nccn1C1CCS(=O)CC1. The van der Waals surface area contributed by atoms with Crippen LogP contribution >= 0.6 is 0 Å². The van der Waals surface area contributed by atoms with Gasteiger partial charge in [0.25, 0.3) is 0 Å². The number of hydrogen-bond donors (Lipinski definition) is 1. The minimum atomic E-state index is -0.609. The van der Waals surface area contributed by atoms with E-state index in [1.54, 1.807) is 0 Å². The molecule has 0 saturated carbocycles. The van der Waals surface area contributed by atoms with Crippen LogP contribution in [0.15, 0.2) is 12.4 Å². The molecule has 2 rings (SSSR count). The second-order valence-electron chi connectivity index (χ2n) is 4.71. The van der Waals surface area contributed by atoms with Crippen LogP contribution in [-0.4, -0.2) is 45.0 Å². The Kier molecular flexibility index (Phi) is 5.85. The quantitative estimate of drug-likeness (QED) is 0.776. The van der Waals surface area contributed by atoms with Crippen molar-refractivity contribution in [2.45, 2.75) is 32.2 Å². The maximum Gasteiger partial charge on any atom is 0.203 e. The molecule has 1 aliphatic rings. The predicted octanol–water partition coefficient (Wildman–Crippen LogP) is 1.81. The third-order valence-corrected chi connectivity index (χ3v) is 4.75. The van der Waals surface area contributed by atoms with Crippen LogP contribution in [0.2, 0.25) is 0 Å². The van der Waals surface area contributed by atoms with Gasteiger partial charge in [0.2, 0.25) is 5.95 Å². The molecule has 0 amide bonds. The normalized spacial score (nSPS) is 23.4. The second kappa shape index (κ2) is 7.65. The number of nitrogens with one attached hydrogen (secondary N) is 1. The minimum Gasteiger partial charge on any atom is -0.382 e. The molecule has 0 aliphatic carbocycles. The number of hydrogen-bond acceptors (Lipinski definition) is 4. The monoisotopic (exact) mass is 285 g/mol. The van der Waals surface area contributed by atoms with E-state index in [1.807, 2.05) is 19.3 Å². The molecule has 0 unspecified atom stereocenters. The van der Waals surface area contributed by atoms with E-state index in [-0.39, 0.29) is 0 Å². The molecule has 0 radical (unpaired) electrons. The van der Waals surface area contributed by atoms with Crippen molar-refractivity contribution >= 4 is 16.7 Å². The highest BCUT2D eigenvalue weighted by Gasteiger charge is 2.20. The Morgan fingerprint density at radius 2 is 2.32 bits per heavy atom. The molecule has 0 aromatic carbocycles. The smallest absolute Gasteiger partial charge is 0.203 e. The summed E-state index contributed by atoms with van der Waals surface area (Å²) in [4.78, 5) is 4.36. The summed E-state index contributed by atoms with van der Waals surface area (Å²) in [7, 11) is -0.609. The lowest BCUT2D eigenvalue weighted by atomic mass is 10.1. The fourth-order valence-electron chi connectivity index (χ4n) is 2.32. The molecular weight excluding hydrogens is 262 g/mol. The van der Waals surface area contributed by atoms with Gasteiger partial charge in [0.1, 0.15) is 0 Å². The summed E-state index contributed by atoms with van der Waals surface area (Å²) < 4.78 is 18.9. The van der Waals surface area contributed by atoms with E-state index in [9.17, 15) is 4.21 Å². The summed E-state index contributed by atoms with van der Waals surface area (Å²) in [6.45, 7) is 4.43. The lowest BCUT2D eigenvalue weighted by molar-refractivity contribution is 0.147. The second-order valence-corrected chi connectivity index (χ2v) is 6.41. The van der Waals surface area contributed by atoms with Crippen molar-refractivity contribution in [3.63, 3.8) is 0 Å². The van der Waals surface area contributed by atoms with Crippen LogP contribution in [0.4, 0.5) is 5.95 Å². The fraction of sp³-hybridized carbons (Fsp3) is 0.769. The molecular formula is C13H23N3O2S. The van der Waals surface area contributed by atoms with Crippen molar-refractivity contribution in [3.8, 4) is 0 Å². The van der Waals surface area contributed by atoms with Gasteiger partial charge in [-0.25, -0.2) is 4.98 Å². The van der Waals surface area contributed by atoms with Gasteiger partial charge in [0.05, 0.1) is 0 Å². The van der Waals surface area contributed by atoms with Crippen molar-refractivity contribution < 1.29 is 8.95 Å². The van der Waals surface area contributed by atoms with E-state index in [2.05, 4.69) is 14.9 Å². The highest BCUT2D eigenvalue weighted by atomic mass is 32.2. The fourth-order valence-corrected chi connectivity index (χ4v) is 3.60. The largest absolute Gasteiger partial charge is 0.382 e.